The van der Waals surface area contributed by atoms with Gasteiger partial charge in [0.15, 0.2) is 11.5 Å². The summed E-state index contributed by atoms with van der Waals surface area (Å²) >= 11 is 12.2. The predicted octanol–water partition coefficient (Wildman–Crippen LogP) is 5.32. The molecule has 3 unspecified atom stereocenters. The van der Waals surface area contributed by atoms with Gasteiger partial charge < -0.3 is 19.9 Å². The molecule has 33 heavy (non-hydrogen) atoms. The van der Waals surface area contributed by atoms with E-state index in [1.165, 1.54) is 0 Å². The quantitative estimate of drug-likeness (QED) is 0.570. The zero-order valence-electron chi connectivity index (χ0n) is 18.9. The Balaban J connectivity index is 1.62. The third-order valence-electron chi connectivity index (χ3n) is 6.97. The van der Waals surface area contributed by atoms with E-state index in [-0.39, 0.29) is 24.4 Å². The van der Waals surface area contributed by atoms with Crippen molar-refractivity contribution in [3.05, 3.63) is 52.0 Å². The second kappa shape index (κ2) is 10.1. The van der Waals surface area contributed by atoms with Crippen LogP contribution in [0.1, 0.15) is 43.7 Å². The fourth-order valence-corrected chi connectivity index (χ4v) is 5.82. The number of likely N-dealkylation sites (tertiary alicyclic amines) is 1. The third kappa shape index (κ3) is 5.09. The van der Waals surface area contributed by atoms with Gasteiger partial charge in [0.1, 0.15) is 0 Å². The minimum atomic E-state index is -0.720. The van der Waals surface area contributed by atoms with Gasteiger partial charge in [-0.05, 0) is 55.2 Å². The number of anilines is 1. The number of halogens is 2. The molecule has 0 bridgehead atoms. The number of methoxy groups -OCH3 is 2. The lowest BCUT2D eigenvalue weighted by Gasteiger charge is -2.52. The van der Waals surface area contributed by atoms with E-state index in [2.05, 4.69) is 10.2 Å². The molecule has 1 aliphatic heterocycles. The van der Waals surface area contributed by atoms with Gasteiger partial charge in [-0.15, -0.1) is 0 Å². The number of hydrogen-bond donors (Lipinski definition) is 2. The van der Waals surface area contributed by atoms with Crippen LogP contribution in [0.4, 0.5) is 5.69 Å². The van der Waals surface area contributed by atoms with Crippen LogP contribution >= 0.6 is 23.2 Å². The van der Waals surface area contributed by atoms with Crippen LogP contribution in [0.5, 0.6) is 11.5 Å². The smallest absolute Gasteiger partial charge is 0.238 e. The number of carbonyl (C=O) groups is 1. The third-order valence-corrected chi connectivity index (χ3v) is 7.52. The van der Waals surface area contributed by atoms with Crippen LogP contribution in [0.15, 0.2) is 36.4 Å². The normalized spacial score (nSPS) is 25.2. The molecule has 178 valence electrons. The van der Waals surface area contributed by atoms with Crippen molar-refractivity contribution in [2.75, 3.05) is 32.6 Å². The topological polar surface area (TPSA) is 71.0 Å². The van der Waals surface area contributed by atoms with Crippen molar-refractivity contribution in [2.45, 2.75) is 43.7 Å². The molecule has 0 radical (unpaired) electrons. The molecule has 6 nitrogen and oxygen atoms in total. The van der Waals surface area contributed by atoms with Crippen molar-refractivity contribution in [2.24, 2.45) is 5.92 Å². The van der Waals surface area contributed by atoms with Gasteiger partial charge in [-0.1, -0.05) is 42.1 Å². The molecule has 2 aromatic carbocycles. The van der Waals surface area contributed by atoms with E-state index in [0.29, 0.717) is 40.2 Å². The number of amides is 1. The molecule has 1 aliphatic carbocycles. The molecule has 2 fully saturated rings. The van der Waals surface area contributed by atoms with Crippen molar-refractivity contribution in [3.63, 3.8) is 0 Å². The molecule has 0 spiro atoms. The second-order valence-corrected chi connectivity index (χ2v) is 9.75. The second-order valence-electron chi connectivity index (χ2n) is 8.91. The van der Waals surface area contributed by atoms with Gasteiger partial charge in [-0.3, -0.25) is 9.69 Å². The Hall–Kier alpha value is -1.99. The van der Waals surface area contributed by atoms with Gasteiger partial charge in [-0.25, -0.2) is 0 Å². The van der Waals surface area contributed by atoms with Gasteiger partial charge in [0.05, 0.1) is 37.1 Å². The summed E-state index contributed by atoms with van der Waals surface area (Å²) in [4.78, 5) is 15.2. The molecule has 8 heteroatoms. The van der Waals surface area contributed by atoms with E-state index >= 15 is 0 Å². The fourth-order valence-electron chi connectivity index (χ4n) is 5.36. The maximum Gasteiger partial charge on any atom is 0.238 e. The molecule has 2 aromatic rings. The van der Waals surface area contributed by atoms with Crippen molar-refractivity contribution in [1.82, 2.24) is 4.90 Å². The van der Waals surface area contributed by atoms with Gasteiger partial charge in [0.2, 0.25) is 5.91 Å². The van der Waals surface area contributed by atoms with E-state index in [4.69, 9.17) is 32.7 Å². The van der Waals surface area contributed by atoms with Crippen LogP contribution in [-0.4, -0.2) is 48.8 Å². The first kappa shape index (κ1) is 24.1. The Morgan fingerprint density at radius 1 is 1.12 bits per heavy atom. The van der Waals surface area contributed by atoms with Crippen LogP contribution in [0.2, 0.25) is 10.0 Å². The summed E-state index contributed by atoms with van der Waals surface area (Å²) in [6, 6.07) is 10.7. The first-order valence-electron chi connectivity index (χ1n) is 11.3. The zero-order valence-corrected chi connectivity index (χ0v) is 20.5. The maximum atomic E-state index is 13.0. The van der Waals surface area contributed by atoms with E-state index < -0.39 is 5.60 Å². The van der Waals surface area contributed by atoms with Gasteiger partial charge in [0.25, 0.3) is 0 Å². The molecule has 0 aromatic heterocycles. The molecular formula is C25H30Cl2N2O4. The number of benzene rings is 2. The van der Waals surface area contributed by atoms with E-state index in [1.807, 2.05) is 18.2 Å². The van der Waals surface area contributed by atoms with Crippen molar-refractivity contribution < 1.29 is 19.4 Å². The van der Waals surface area contributed by atoms with Crippen LogP contribution in [0.25, 0.3) is 0 Å². The monoisotopic (exact) mass is 492 g/mol. The highest BCUT2D eigenvalue weighted by Gasteiger charge is 2.49. The number of nitrogens with zero attached hydrogens (tertiary/aromatic N) is 1. The summed E-state index contributed by atoms with van der Waals surface area (Å²) in [6.07, 6.45) is 4.45. The van der Waals surface area contributed by atoms with Crippen LogP contribution in [0, 0.1) is 5.92 Å². The Morgan fingerprint density at radius 2 is 1.91 bits per heavy atom. The fraction of sp³-hybridized carbons (Fsp3) is 0.480. The average Bonchev–Trinajstić information content (AvgIpc) is 2.80. The number of piperidine rings is 1. The lowest BCUT2D eigenvalue weighted by atomic mass is 9.66. The van der Waals surface area contributed by atoms with E-state index in [0.717, 1.165) is 31.2 Å². The summed E-state index contributed by atoms with van der Waals surface area (Å²) < 4.78 is 10.9. The molecule has 4 rings (SSSR count). The predicted molar refractivity (Wildman–Crippen MR) is 130 cm³/mol. The molecule has 3 atom stereocenters. The Bertz CT molecular complexity index is 1020. The highest BCUT2D eigenvalue weighted by atomic mass is 35.5. The SMILES string of the molecule is COc1ccc(C2C3CCCCC3(O)CCN2CC(=O)Nc2ccc(Cl)cc2Cl)cc1OC. The average molecular weight is 493 g/mol. The maximum absolute atomic E-state index is 13.0. The highest BCUT2D eigenvalue weighted by molar-refractivity contribution is 6.36. The standard InChI is InChI=1S/C25H30Cl2N2O4/c1-32-21-9-6-16(13-22(21)33-2)24-18-5-3-4-10-25(18,31)11-12-29(24)15-23(30)28-20-8-7-17(26)14-19(20)27/h6-9,13-14,18,24,31H,3-5,10-12,15H2,1-2H3,(H,28,30). The molecule has 1 amide bonds. The minimum absolute atomic E-state index is 0.0324. The van der Waals surface area contributed by atoms with E-state index in [1.54, 1.807) is 32.4 Å². The lowest BCUT2D eigenvalue weighted by Crippen LogP contribution is -2.56. The molecule has 1 saturated heterocycles. The van der Waals surface area contributed by atoms with Gasteiger partial charge in [-0.2, -0.15) is 0 Å². The molecule has 2 N–H and O–H groups in total. The summed E-state index contributed by atoms with van der Waals surface area (Å²) in [6.45, 7) is 0.804. The summed E-state index contributed by atoms with van der Waals surface area (Å²) in [7, 11) is 3.22. The van der Waals surface area contributed by atoms with Crippen molar-refractivity contribution >= 4 is 34.8 Å². The largest absolute Gasteiger partial charge is 0.493 e. The highest BCUT2D eigenvalue weighted by Crippen LogP contribution is 2.50. The number of fused-ring (bicyclic) bond motifs is 1. The molecule has 1 heterocycles. The number of aliphatic hydroxyl groups is 1. The van der Waals surface area contributed by atoms with Crippen LogP contribution in [0.3, 0.4) is 0 Å². The molecule has 2 aliphatic rings. The van der Waals surface area contributed by atoms with E-state index in [9.17, 15) is 9.90 Å². The van der Waals surface area contributed by atoms with Crippen LogP contribution < -0.4 is 14.8 Å². The number of carbonyl (C=O) groups excluding carboxylic acids is 1. The Kier molecular flexibility index (Phi) is 7.39. The minimum Gasteiger partial charge on any atom is -0.493 e. The molecular weight excluding hydrogens is 463 g/mol. The van der Waals surface area contributed by atoms with Crippen LogP contribution in [-0.2, 0) is 4.79 Å². The first-order valence-corrected chi connectivity index (χ1v) is 12.0. The van der Waals surface area contributed by atoms with Gasteiger partial charge in [0, 0.05) is 23.5 Å². The Labute approximate surface area is 204 Å². The number of nitrogens with one attached hydrogen (secondary N) is 1. The first-order chi connectivity index (χ1) is 15.8. The van der Waals surface area contributed by atoms with Gasteiger partial charge >= 0.3 is 0 Å². The summed E-state index contributed by atoms with van der Waals surface area (Å²) in [5.41, 5.74) is 0.817. The Morgan fingerprint density at radius 3 is 2.64 bits per heavy atom. The lowest BCUT2D eigenvalue weighted by molar-refractivity contribution is -0.135. The zero-order chi connectivity index (χ0) is 23.6. The summed E-state index contributed by atoms with van der Waals surface area (Å²) in [5.74, 6) is 1.16. The summed E-state index contributed by atoms with van der Waals surface area (Å²) in [5, 5.41) is 15.3. The number of hydrogen-bond acceptors (Lipinski definition) is 5. The van der Waals surface area contributed by atoms with Crippen molar-refractivity contribution in [3.8, 4) is 11.5 Å². The van der Waals surface area contributed by atoms with Crippen molar-refractivity contribution in [1.29, 1.82) is 0 Å². The molecule has 1 saturated carbocycles. The number of rotatable bonds is 6. The number of ether oxygens (including phenoxy) is 2.